The Morgan fingerprint density at radius 2 is 1.88 bits per heavy atom. The van der Waals surface area contributed by atoms with Crippen LogP contribution >= 0.6 is 0 Å². The Labute approximate surface area is 143 Å². The molecule has 4 nitrogen and oxygen atoms in total. The number of nitrogens with zero attached hydrogens (tertiary/aromatic N) is 1. The standard InChI is InChI=1S/C20H26N2O2/c1-3-18(21)20-17(15(2)24)10-7-11-19(20)22(12-13-23)14-16-8-5-4-6-9-16/h4-11,18,23H,3,12-14,21H2,1-2H3. The zero-order valence-corrected chi connectivity index (χ0v) is 14.4. The normalized spacial score (nSPS) is 12.0. The predicted octanol–water partition coefficient (Wildman–Crippen LogP) is 3.30. The zero-order valence-electron chi connectivity index (χ0n) is 14.4. The van der Waals surface area contributed by atoms with E-state index in [0.717, 1.165) is 23.2 Å². The molecule has 3 N–H and O–H groups in total. The van der Waals surface area contributed by atoms with Gasteiger partial charge in [0.05, 0.1) is 6.61 Å². The van der Waals surface area contributed by atoms with Gasteiger partial charge in [0.1, 0.15) is 0 Å². The first-order valence-electron chi connectivity index (χ1n) is 8.37. The van der Waals surface area contributed by atoms with Crippen LogP contribution < -0.4 is 10.6 Å². The lowest BCUT2D eigenvalue weighted by molar-refractivity contribution is 0.101. The summed E-state index contributed by atoms with van der Waals surface area (Å²) in [5.41, 5.74) is 9.93. The van der Waals surface area contributed by atoms with E-state index in [-0.39, 0.29) is 18.4 Å². The van der Waals surface area contributed by atoms with Gasteiger partial charge in [-0.3, -0.25) is 4.79 Å². The van der Waals surface area contributed by atoms with Crippen molar-refractivity contribution < 1.29 is 9.90 Å². The SMILES string of the molecule is CCC(N)c1c(C(C)=O)cccc1N(CCO)Cc1ccccc1. The molecule has 2 rings (SSSR count). The van der Waals surface area contributed by atoms with E-state index in [1.807, 2.05) is 43.3 Å². The van der Waals surface area contributed by atoms with E-state index >= 15 is 0 Å². The number of hydrogen-bond acceptors (Lipinski definition) is 4. The number of anilines is 1. The molecule has 0 radical (unpaired) electrons. The molecule has 1 atom stereocenters. The van der Waals surface area contributed by atoms with Crippen LogP contribution in [-0.4, -0.2) is 24.0 Å². The molecule has 0 aromatic heterocycles. The first-order chi connectivity index (χ1) is 11.6. The average Bonchev–Trinajstić information content (AvgIpc) is 2.61. The van der Waals surface area contributed by atoms with Crippen molar-refractivity contribution in [3.63, 3.8) is 0 Å². The van der Waals surface area contributed by atoms with Crippen LogP contribution in [0.25, 0.3) is 0 Å². The van der Waals surface area contributed by atoms with Gasteiger partial charge in [0.15, 0.2) is 5.78 Å². The van der Waals surface area contributed by atoms with Gasteiger partial charge in [0, 0.05) is 35.9 Å². The first kappa shape index (κ1) is 18.2. The van der Waals surface area contributed by atoms with Gasteiger partial charge >= 0.3 is 0 Å². The van der Waals surface area contributed by atoms with Crippen LogP contribution in [0.2, 0.25) is 0 Å². The fourth-order valence-corrected chi connectivity index (χ4v) is 2.94. The van der Waals surface area contributed by atoms with Gasteiger partial charge in [-0.15, -0.1) is 0 Å². The van der Waals surface area contributed by atoms with Crippen LogP contribution in [0, 0.1) is 0 Å². The van der Waals surface area contributed by atoms with E-state index in [4.69, 9.17) is 5.73 Å². The van der Waals surface area contributed by atoms with Gasteiger partial charge in [-0.05, 0) is 25.0 Å². The summed E-state index contributed by atoms with van der Waals surface area (Å²) >= 11 is 0. The van der Waals surface area contributed by atoms with Crippen molar-refractivity contribution in [1.29, 1.82) is 0 Å². The second-order valence-corrected chi connectivity index (χ2v) is 5.94. The molecule has 0 saturated heterocycles. The fraction of sp³-hybridized carbons (Fsp3) is 0.350. The third kappa shape index (κ3) is 4.22. The lowest BCUT2D eigenvalue weighted by atomic mass is 9.94. The molecule has 2 aromatic rings. The number of rotatable bonds is 8. The minimum atomic E-state index is -0.211. The maximum Gasteiger partial charge on any atom is 0.160 e. The summed E-state index contributed by atoms with van der Waals surface area (Å²) in [6, 6.07) is 15.6. The van der Waals surface area contributed by atoms with E-state index < -0.39 is 0 Å². The van der Waals surface area contributed by atoms with Crippen LogP contribution in [0.1, 0.15) is 47.8 Å². The van der Waals surface area contributed by atoms with E-state index in [1.165, 1.54) is 0 Å². The molecule has 0 spiro atoms. The van der Waals surface area contributed by atoms with Crippen molar-refractivity contribution in [1.82, 2.24) is 0 Å². The third-order valence-electron chi connectivity index (χ3n) is 4.20. The molecule has 0 aliphatic heterocycles. The zero-order chi connectivity index (χ0) is 17.5. The van der Waals surface area contributed by atoms with Crippen molar-refractivity contribution in [2.75, 3.05) is 18.1 Å². The van der Waals surface area contributed by atoms with Crippen LogP contribution in [0.5, 0.6) is 0 Å². The van der Waals surface area contributed by atoms with E-state index in [9.17, 15) is 9.90 Å². The Bertz CT molecular complexity index is 671. The Kier molecular flexibility index (Phi) is 6.53. The van der Waals surface area contributed by atoms with Crippen molar-refractivity contribution in [3.8, 4) is 0 Å². The monoisotopic (exact) mass is 326 g/mol. The number of aliphatic hydroxyl groups excluding tert-OH is 1. The van der Waals surface area contributed by atoms with E-state index in [2.05, 4.69) is 17.0 Å². The molecule has 0 amide bonds. The molecule has 0 aliphatic carbocycles. The number of carbonyl (C=O) groups is 1. The fourth-order valence-electron chi connectivity index (χ4n) is 2.94. The molecule has 24 heavy (non-hydrogen) atoms. The molecule has 128 valence electrons. The van der Waals surface area contributed by atoms with Crippen LogP contribution in [0.15, 0.2) is 48.5 Å². The molecular weight excluding hydrogens is 300 g/mol. The Morgan fingerprint density at radius 1 is 1.17 bits per heavy atom. The molecule has 2 aromatic carbocycles. The smallest absolute Gasteiger partial charge is 0.160 e. The maximum absolute atomic E-state index is 12.1. The van der Waals surface area contributed by atoms with Crippen LogP contribution in [-0.2, 0) is 6.54 Å². The summed E-state index contributed by atoms with van der Waals surface area (Å²) < 4.78 is 0. The summed E-state index contributed by atoms with van der Waals surface area (Å²) in [5.74, 6) is 0.0133. The summed E-state index contributed by atoms with van der Waals surface area (Å²) in [5, 5.41) is 9.50. The van der Waals surface area contributed by atoms with Crippen molar-refractivity contribution in [2.45, 2.75) is 32.9 Å². The highest BCUT2D eigenvalue weighted by Crippen LogP contribution is 2.31. The topological polar surface area (TPSA) is 66.6 Å². The number of Topliss-reactive ketones (excluding diaryl/α,β-unsaturated/α-hetero) is 1. The molecular formula is C20H26N2O2. The highest BCUT2D eigenvalue weighted by atomic mass is 16.3. The largest absolute Gasteiger partial charge is 0.395 e. The summed E-state index contributed by atoms with van der Waals surface area (Å²) in [7, 11) is 0. The molecule has 0 bridgehead atoms. The summed E-state index contributed by atoms with van der Waals surface area (Å²) in [6.45, 7) is 4.77. The van der Waals surface area contributed by atoms with Gasteiger partial charge in [-0.25, -0.2) is 0 Å². The second-order valence-electron chi connectivity index (χ2n) is 5.94. The lowest BCUT2D eigenvalue weighted by Gasteiger charge is -2.29. The second kappa shape index (κ2) is 8.62. The highest BCUT2D eigenvalue weighted by Gasteiger charge is 2.20. The van der Waals surface area contributed by atoms with Gasteiger partial charge in [0.2, 0.25) is 0 Å². The third-order valence-corrected chi connectivity index (χ3v) is 4.20. The molecule has 0 aliphatic rings. The molecule has 4 heteroatoms. The van der Waals surface area contributed by atoms with Crippen molar-refractivity contribution in [2.24, 2.45) is 5.73 Å². The van der Waals surface area contributed by atoms with E-state index in [1.54, 1.807) is 6.92 Å². The number of aliphatic hydroxyl groups is 1. The van der Waals surface area contributed by atoms with Gasteiger partial charge in [0.25, 0.3) is 0 Å². The van der Waals surface area contributed by atoms with Gasteiger partial charge < -0.3 is 15.7 Å². The quantitative estimate of drug-likeness (QED) is 0.731. The first-order valence-corrected chi connectivity index (χ1v) is 8.37. The Balaban J connectivity index is 2.49. The Hall–Kier alpha value is -2.17. The maximum atomic E-state index is 12.1. The lowest BCUT2D eigenvalue weighted by Crippen LogP contribution is -2.29. The minimum Gasteiger partial charge on any atom is -0.395 e. The van der Waals surface area contributed by atoms with Gasteiger partial charge in [-0.2, -0.15) is 0 Å². The number of carbonyl (C=O) groups excluding carboxylic acids is 1. The average molecular weight is 326 g/mol. The molecule has 1 unspecified atom stereocenters. The molecule has 0 fully saturated rings. The number of ketones is 1. The Morgan fingerprint density at radius 3 is 2.46 bits per heavy atom. The van der Waals surface area contributed by atoms with Crippen molar-refractivity contribution in [3.05, 3.63) is 65.2 Å². The number of hydrogen-bond donors (Lipinski definition) is 2. The van der Waals surface area contributed by atoms with E-state index in [0.29, 0.717) is 18.7 Å². The van der Waals surface area contributed by atoms with Crippen LogP contribution in [0.3, 0.4) is 0 Å². The highest BCUT2D eigenvalue weighted by molar-refractivity contribution is 5.97. The predicted molar refractivity (Wildman–Crippen MR) is 98.2 cm³/mol. The molecule has 0 saturated carbocycles. The summed E-state index contributed by atoms with van der Waals surface area (Å²) in [4.78, 5) is 14.1. The minimum absolute atomic E-state index is 0.0133. The van der Waals surface area contributed by atoms with Gasteiger partial charge in [-0.1, -0.05) is 49.4 Å². The van der Waals surface area contributed by atoms with Crippen LogP contribution in [0.4, 0.5) is 5.69 Å². The van der Waals surface area contributed by atoms with Crippen molar-refractivity contribution >= 4 is 11.5 Å². The molecule has 0 heterocycles. The number of benzene rings is 2. The summed E-state index contributed by atoms with van der Waals surface area (Å²) in [6.07, 6.45) is 0.746. The number of nitrogens with two attached hydrogens (primary N) is 1.